The van der Waals surface area contributed by atoms with Crippen molar-refractivity contribution >= 4 is 20.2 Å². The van der Waals surface area contributed by atoms with Crippen LogP contribution in [0.1, 0.15) is 119 Å². The largest absolute Gasteiger partial charge is 4.00 e. The second kappa shape index (κ2) is 29.5. The van der Waals surface area contributed by atoms with Gasteiger partial charge in [-0.25, -0.2) is 0 Å². The first kappa shape index (κ1) is 54.2. The Morgan fingerprint density at radius 1 is 0.492 bits per heavy atom. The predicted molar refractivity (Wildman–Crippen MR) is 265 cm³/mol. The zero-order valence-corrected chi connectivity index (χ0v) is 41.5. The number of allylic oxidation sites excluding steroid dienone is 2. The van der Waals surface area contributed by atoms with E-state index >= 15 is 0 Å². The maximum atomic E-state index is 3.25. The van der Waals surface area contributed by atoms with Crippen LogP contribution in [0.5, 0.6) is 0 Å². The molecule has 4 aliphatic rings. The Labute approximate surface area is 385 Å². The van der Waals surface area contributed by atoms with Gasteiger partial charge in [-0.05, 0) is 94.5 Å². The van der Waals surface area contributed by atoms with E-state index in [0.29, 0.717) is 0 Å². The average Bonchev–Trinajstić information content (AvgIpc) is 3.95. The molecule has 2 heteroatoms. The van der Waals surface area contributed by atoms with Gasteiger partial charge < -0.3 is 28.7 Å². The number of benzene rings is 4. The van der Waals surface area contributed by atoms with Crippen molar-refractivity contribution in [2.75, 3.05) is 0 Å². The van der Waals surface area contributed by atoms with Crippen molar-refractivity contribution in [2.24, 2.45) is 23.7 Å². The fraction of sp³-hybridized carbons (Fsp3) is 0.404. The molecule has 0 saturated heterocycles. The Hall–Kier alpha value is -2.80. The summed E-state index contributed by atoms with van der Waals surface area (Å²) in [4.78, 5) is 0. The third-order valence-corrected chi connectivity index (χ3v) is 20.4. The minimum Gasteiger partial charge on any atom is -0.358 e. The summed E-state index contributed by atoms with van der Waals surface area (Å²) in [5.41, 5.74) is 7.93. The van der Waals surface area contributed by atoms with Gasteiger partial charge in [0.05, 0.1) is 8.07 Å². The molecule has 0 heterocycles. The Morgan fingerprint density at radius 2 is 0.814 bits per heavy atom. The van der Waals surface area contributed by atoms with Crippen molar-refractivity contribution in [1.82, 2.24) is 0 Å². The molecule has 8 atom stereocenters. The molecule has 8 unspecified atom stereocenters. The molecule has 0 radical (unpaired) electrons. The van der Waals surface area contributed by atoms with Crippen molar-refractivity contribution in [1.29, 1.82) is 0 Å². The Kier molecular flexibility index (Phi) is 27.1. The first-order valence-corrected chi connectivity index (χ1v) is 25.0. The van der Waals surface area contributed by atoms with Crippen molar-refractivity contribution in [3.8, 4) is 0 Å². The van der Waals surface area contributed by atoms with Gasteiger partial charge in [-0.3, -0.25) is 0 Å². The second-order valence-corrected chi connectivity index (χ2v) is 21.5. The molecule has 0 bridgehead atoms. The van der Waals surface area contributed by atoms with Crippen LogP contribution < -0.4 is 0 Å². The fourth-order valence-corrected chi connectivity index (χ4v) is 17.8. The summed E-state index contributed by atoms with van der Waals surface area (Å²) < 4.78 is 0. The molecule has 4 aliphatic carbocycles. The summed E-state index contributed by atoms with van der Waals surface area (Å²) in [6, 6.07) is 45.4. The van der Waals surface area contributed by atoms with E-state index in [4.69, 9.17) is 0 Å². The van der Waals surface area contributed by atoms with Crippen LogP contribution in [0.25, 0.3) is 12.2 Å². The molecule has 0 spiro atoms. The van der Waals surface area contributed by atoms with Gasteiger partial charge in [-0.2, -0.15) is 13.8 Å². The topological polar surface area (TPSA) is 0 Å². The van der Waals surface area contributed by atoms with Crippen LogP contribution in [0.3, 0.4) is 0 Å². The van der Waals surface area contributed by atoms with Crippen LogP contribution >= 0.6 is 0 Å². The van der Waals surface area contributed by atoms with Crippen molar-refractivity contribution in [3.05, 3.63) is 198 Å². The van der Waals surface area contributed by atoms with Crippen molar-refractivity contribution in [3.63, 3.8) is 0 Å². The molecule has 0 aliphatic heterocycles. The van der Waals surface area contributed by atoms with Gasteiger partial charge in [0.1, 0.15) is 0 Å². The molecule has 59 heavy (non-hydrogen) atoms. The van der Waals surface area contributed by atoms with E-state index in [1.165, 1.54) is 68.5 Å². The molecule has 4 aromatic rings. The van der Waals surface area contributed by atoms with E-state index in [1.807, 2.05) is 36.4 Å². The van der Waals surface area contributed by atoms with E-state index in [-0.39, 0.29) is 41.1 Å². The van der Waals surface area contributed by atoms with Gasteiger partial charge in [0, 0.05) is 0 Å². The van der Waals surface area contributed by atoms with Crippen LogP contribution in [0.2, 0.25) is 23.7 Å². The number of hydrogen-bond donors (Lipinski definition) is 0. The van der Waals surface area contributed by atoms with E-state index in [2.05, 4.69) is 150 Å². The molecule has 0 nitrogen and oxygen atoms in total. The molecule has 8 rings (SSSR count). The molecule has 316 valence electrons. The summed E-state index contributed by atoms with van der Waals surface area (Å²) in [5, 5.41) is 0. The minimum atomic E-state index is -1.33. The molecule has 4 saturated carbocycles. The maximum Gasteiger partial charge on any atom is 4.00 e. The van der Waals surface area contributed by atoms with Crippen LogP contribution in [0.4, 0.5) is 0 Å². The van der Waals surface area contributed by atoms with Crippen LogP contribution in [-0.2, 0) is 26.2 Å². The summed E-state index contributed by atoms with van der Waals surface area (Å²) in [7, 11) is -1.33. The van der Waals surface area contributed by atoms with Crippen LogP contribution in [-0.4, -0.2) is 8.07 Å². The summed E-state index contributed by atoms with van der Waals surface area (Å²) in [5.74, 6) is 5.69. The fourth-order valence-electron chi connectivity index (χ4n) is 11.7. The molecule has 4 aromatic carbocycles. The number of hydrogen-bond acceptors (Lipinski definition) is 0. The summed E-state index contributed by atoms with van der Waals surface area (Å²) in [6.45, 7) is 21.5. The molecular weight excluding hydrogens is 804 g/mol. The maximum absolute atomic E-state index is 3.25. The smallest absolute Gasteiger partial charge is 0.358 e. The zero-order chi connectivity index (χ0) is 40.2. The minimum absolute atomic E-state index is 0. The molecule has 4 fully saturated rings. The average molecular weight is 885 g/mol. The van der Waals surface area contributed by atoms with Gasteiger partial charge in [-0.15, -0.1) is 13.2 Å². The first-order chi connectivity index (χ1) is 27.7. The zero-order valence-electron chi connectivity index (χ0n) is 38.1. The van der Waals surface area contributed by atoms with Gasteiger partial charge in [0.2, 0.25) is 0 Å². The van der Waals surface area contributed by atoms with E-state index in [0.717, 1.165) is 46.6 Å². The second-order valence-electron chi connectivity index (χ2n) is 16.3. The van der Waals surface area contributed by atoms with Gasteiger partial charge in [0.25, 0.3) is 0 Å². The van der Waals surface area contributed by atoms with Gasteiger partial charge in [-0.1, -0.05) is 204 Å². The normalized spacial score (nSPS) is 25.9. The predicted octanol–water partition coefficient (Wildman–Crippen LogP) is 17.6. The molecule has 0 aromatic heterocycles. The van der Waals surface area contributed by atoms with Crippen molar-refractivity contribution in [2.45, 2.75) is 120 Å². The number of fused-ring (bicyclic) bond motifs is 2. The molecular formula is C57H80SiZr. The van der Waals surface area contributed by atoms with Crippen molar-refractivity contribution < 1.29 is 26.2 Å². The summed E-state index contributed by atoms with van der Waals surface area (Å²) in [6.07, 6.45) is 23.4. The molecule has 0 amide bonds. The van der Waals surface area contributed by atoms with Gasteiger partial charge >= 0.3 is 26.2 Å². The van der Waals surface area contributed by atoms with Crippen LogP contribution in [0.15, 0.2) is 147 Å². The SMILES string of the molecule is C(/C=C/c1ccccc1)=C\c1ccccc1.C=C.CC[Si](C)(C1CCC2C(c3ccccc3)CCCC21)C1CCC2C(c3ccccc3)CCCC21.[CH2-]C.[CH2-]C.[CH3-].[CH3-].[Zr+4]. The monoisotopic (exact) mass is 883 g/mol. The van der Waals surface area contributed by atoms with Crippen LogP contribution in [0, 0.1) is 52.4 Å². The van der Waals surface area contributed by atoms with E-state index in [9.17, 15) is 0 Å². The standard InChI is InChI=1S/C33H46Si.C16H14.2C2H5.C2H4.2CH3.Zr/c1-3-34(2,32-22-20-28-26(16-10-18-30(28)32)24-12-6-4-7-13-24)33-23-21-29-27(17-11-19-31(29)33)25-14-8-5-9-15-25;1-3-9-15(10-4-1)13-7-8-14-16-11-5-2-6-12-16;3*1-2;;;/h4-9,12-15,26-33H,3,10-11,16-23H2,1-2H3;1-14H;2*1H2,2H3;1-2H2;2*1H3;/q;;2*-1;;2*-1;+4/b;13-7+,14-8+;;;;;;. The third kappa shape index (κ3) is 14.1. The summed E-state index contributed by atoms with van der Waals surface area (Å²) >= 11 is 0. The number of rotatable bonds is 8. The van der Waals surface area contributed by atoms with E-state index in [1.54, 1.807) is 37.8 Å². The third-order valence-electron chi connectivity index (χ3n) is 14.1. The Balaban J connectivity index is 0.000000592. The van der Waals surface area contributed by atoms with E-state index < -0.39 is 8.07 Å². The first-order valence-electron chi connectivity index (χ1n) is 22.1. The Morgan fingerprint density at radius 3 is 1.14 bits per heavy atom. The van der Waals surface area contributed by atoms with Gasteiger partial charge in [0.15, 0.2) is 0 Å². The molecule has 0 N–H and O–H groups in total. The Bertz CT molecular complexity index is 1540. The quantitative estimate of drug-likeness (QED) is 0.0716.